The van der Waals surface area contributed by atoms with Crippen LogP contribution in [0.4, 0.5) is 4.39 Å². The normalized spacial score (nSPS) is 11.1. The quantitative estimate of drug-likeness (QED) is 0.414. The van der Waals surface area contributed by atoms with E-state index in [2.05, 4.69) is 10.3 Å². The Bertz CT molecular complexity index is 1300. The first-order valence-electron chi connectivity index (χ1n) is 9.03. The maximum Gasteiger partial charge on any atom is 0.299 e. The Balaban J connectivity index is 1.54. The lowest BCUT2D eigenvalue weighted by molar-refractivity contribution is -0.127. The van der Waals surface area contributed by atoms with Gasteiger partial charge in [-0.05, 0) is 54.4 Å². The number of aromatic nitrogens is 2. The molecule has 29 heavy (non-hydrogen) atoms. The molecule has 0 radical (unpaired) electrons. The molecule has 0 aliphatic carbocycles. The molecule has 2 amide bonds. The molecule has 4 rings (SSSR count). The van der Waals surface area contributed by atoms with Gasteiger partial charge in [-0.25, -0.2) is 4.39 Å². The van der Waals surface area contributed by atoms with Gasteiger partial charge in [0.1, 0.15) is 5.82 Å². The minimum atomic E-state index is -0.978. The van der Waals surface area contributed by atoms with Gasteiger partial charge in [-0.1, -0.05) is 0 Å². The molecule has 6 nitrogen and oxygen atoms in total. The van der Waals surface area contributed by atoms with Gasteiger partial charge >= 0.3 is 0 Å². The number of aromatic amines is 1. The average Bonchev–Trinajstić information content (AvgIpc) is 3.23. The van der Waals surface area contributed by atoms with Gasteiger partial charge in [-0.3, -0.25) is 19.7 Å². The molecule has 0 saturated heterocycles. The lowest BCUT2D eigenvalue weighted by atomic mass is 10.0. The summed E-state index contributed by atoms with van der Waals surface area (Å²) in [6.45, 7) is 1.84. The number of Topliss-reactive ketones (excluding diaryl/α,β-unsaturated/α-hetero) is 1. The minimum Gasteiger partial charge on any atom is -0.361 e. The maximum absolute atomic E-state index is 13.3. The maximum atomic E-state index is 13.3. The van der Waals surface area contributed by atoms with Crippen LogP contribution in [0.15, 0.2) is 48.8 Å². The fourth-order valence-electron chi connectivity index (χ4n) is 3.59. The number of H-pyrrole nitrogens is 1. The molecule has 0 atom stereocenters. The number of hydrogen-bond acceptors (Lipinski definition) is 3. The molecule has 146 valence electrons. The van der Waals surface area contributed by atoms with Crippen LogP contribution >= 0.6 is 0 Å². The van der Waals surface area contributed by atoms with Gasteiger partial charge in [-0.15, -0.1) is 0 Å². The van der Waals surface area contributed by atoms with E-state index in [0.717, 1.165) is 10.9 Å². The fraction of sp³-hybridized carbons (Fsp3) is 0.136. The van der Waals surface area contributed by atoms with Crippen LogP contribution in [0.2, 0.25) is 0 Å². The molecule has 2 aromatic heterocycles. The molecule has 0 bridgehead atoms. The topological polar surface area (TPSA) is 84.0 Å². The number of nitrogens with zero attached hydrogens (tertiary/aromatic N) is 1. The molecule has 0 aliphatic rings. The van der Waals surface area contributed by atoms with Gasteiger partial charge in [0.05, 0.1) is 17.5 Å². The monoisotopic (exact) mass is 391 g/mol. The summed E-state index contributed by atoms with van der Waals surface area (Å²) in [5.74, 6) is -2.74. The third kappa shape index (κ3) is 3.42. The Morgan fingerprint density at radius 1 is 1.14 bits per heavy atom. The Labute approximate surface area is 165 Å². The van der Waals surface area contributed by atoms with E-state index in [1.54, 1.807) is 29.9 Å². The summed E-state index contributed by atoms with van der Waals surface area (Å²) in [7, 11) is 1.79. The van der Waals surface area contributed by atoms with E-state index in [1.807, 2.05) is 25.3 Å². The molecular weight excluding hydrogens is 373 g/mol. The van der Waals surface area contributed by atoms with Gasteiger partial charge < -0.3 is 9.55 Å². The Hall–Kier alpha value is -3.74. The number of amides is 2. The van der Waals surface area contributed by atoms with Crippen molar-refractivity contribution in [3.05, 3.63) is 71.3 Å². The van der Waals surface area contributed by atoms with E-state index in [-0.39, 0.29) is 17.8 Å². The molecule has 7 heteroatoms. The van der Waals surface area contributed by atoms with Crippen LogP contribution < -0.4 is 5.32 Å². The number of imide groups is 1. The lowest BCUT2D eigenvalue weighted by Gasteiger charge is -2.08. The van der Waals surface area contributed by atoms with Crippen LogP contribution in [-0.4, -0.2) is 27.1 Å². The second-order valence-electron chi connectivity index (χ2n) is 7.06. The van der Waals surface area contributed by atoms with Crippen molar-refractivity contribution in [3.8, 4) is 0 Å². The summed E-state index contributed by atoms with van der Waals surface area (Å²) in [6, 6.07) is 9.62. The zero-order chi connectivity index (χ0) is 20.7. The predicted octanol–water partition coefficient (Wildman–Crippen LogP) is 3.18. The smallest absolute Gasteiger partial charge is 0.299 e. The molecule has 0 aliphatic heterocycles. The van der Waals surface area contributed by atoms with Crippen LogP contribution in [0.25, 0.3) is 21.8 Å². The Kier molecular flexibility index (Phi) is 4.50. The van der Waals surface area contributed by atoms with E-state index >= 15 is 0 Å². The molecule has 2 N–H and O–H groups in total. The van der Waals surface area contributed by atoms with Crippen LogP contribution in [0.5, 0.6) is 0 Å². The van der Waals surface area contributed by atoms with Crippen molar-refractivity contribution in [1.82, 2.24) is 14.9 Å². The fourth-order valence-corrected chi connectivity index (χ4v) is 3.59. The number of ketones is 1. The van der Waals surface area contributed by atoms with Crippen LogP contribution in [0, 0.1) is 12.7 Å². The number of nitrogens with one attached hydrogen (secondary N) is 2. The van der Waals surface area contributed by atoms with Crippen molar-refractivity contribution in [2.75, 3.05) is 0 Å². The van der Waals surface area contributed by atoms with Gasteiger partial charge in [0, 0.05) is 35.7 Å². The van der Waals surface area contributed by atoms with Gasteiger partial charge in [0.2, 0.25) is 5.91 Å². The molecule has 2 heterocycles. The highest BCUT2D eigenvalue weighted by atomic mass is 19.1. The SMILES string of the molecule is Cc1cc(C(=O)C(=O)NC(=O)Cc2c[nH]c3cc(F)ccc23)c2c(ccn2C)c1. The number of rotatable bonds is 4. The van der Waals surface area contributed by atoms with Crippen LogP contribution in [-0.2, 0) is 23.1 Å². The van der Waals surface area contributed by atoms with Gasteiger partial charge in [0.15, 0.2) is 0 Å². The van der Waals surface area contributed by atoms with Gasteiger partial charge in [-0.2, -0.15) is 0 Å². The second-order valence-corrected chi connectivity index (χ2v) is 7.06. The minimum absolute atomic E-state index is 0.113. The first-order chi connectivity index (χ1) is 13.8. The summed E-state index contributed by atoms with van der Waals surface area (Å²) in [5, 5.41) is 3.70. The standard InChI is InChI=1S/C22H18FN3O3/c1-12-7-13-5-6-26(2)20(13)17(8-12)21(28)22(29)25-19(27)9-14-11-24-18-10-15(23)3-4-16(14)18/h3-8,10-11,24H,9H2,1-2H3,(H,25,27,29). The summed E-state index contributed by atoms with van der Waals surface area (Å²) >= 11 is 0. The molecule has 2 aromatic carbocycles. The third-order valence-corrected chi connectivity index (χ3v) is 4.90. The Morgan fingerprint density at radius 2 is 1.93 bits per heavy atom. The van der Waals surface area contributed by atoms with E-state index in [1.165, 1.54) is 12.1 Å². The van der Waals surface area contributed by atoms with Crippen molar-refractivity contribution >= 4 is 39.4 Å². The summed E-state index contributed by atoms with van der Waals surface area (Å²) < 4.78 is 15.1. The summed E-state index contributed by atoms with van der Waals surface area (Å²) in [4.78, 5) is 40.4. The largest absolute Gasteiger partial charge is 0.361 e. The number of fused-ring (bicyclic) bond motifs is 2. The number of benzene rings is 2. The van der Waals surface area contributed by atoms with Crippen molar-refractivity contribution in [2.45, 2.75) is 13.3 Å². The van der Waals surface area contributed by atoms with Crippen LogP contribution in [0.3, 0.4) is 0 Å². The predicted molar refractivity (Wildman–Crippen MR) is 107 cm³/mol. The number of carbonyl (C=O) groups is 3. The van der Waals surface area contributed by atoms with Crippen molar-refractivity contribution < 1.29 is 18.8 Å². The number of halogens is 1. The van der Waals surface area contributed by atoms with Crippen molar-refractivity contribution in [2.24, 2.45) is 7.05 Å². The average molecular weight is 391 g/mol. The van der Waals surface area contributed by atoms with E-state index in [4.69, 9.17) is 0 Å². The van der Waals surface area contributed by atoms with Crippen molar-refractivity contribution in [3.63, 3.8) is 0 Å². The van der Waals surface area contributed by atoms with Crippen LogP contribution in [0.1, 0.15) is 21.5 Å². The molecule has 4 aromatic rings. The molecule has 0 saturated carbocycles. The lowest BCUT2D eigenvalue weighted by Crippen LogP contribution is -2.37. The highest BCUT2D eigenvalue weighted by Crippen LogP contribution is 2.23. The molecular formula is C22H18FN3O3. The highest BCUT2D eigenvalue weighted by Gasteiger charge is 2.23. The third-order valence-electron chi connectivity index (χ3n) is 4.90. The summed E-state index contributed by atoms with van der Waals surface area (Å²) in [6.07, 6.45) is 3.28. The second kappa shape index (κ2) is 7.01. The number of carbonyl (C=O) groups excluding carboxylic acids is 3. The number of aryl methyl sites for hydroxylation is 2. The summed E-state index contributed by atoms with van der Waals surface area (Å²) in [5.41, 5.74) is 2.90. The van der Waals surface area contributed by atoms with Gasteiger partial charge in [0.25, 0.3) is 11.7 Å². The Morgan fingerprint density at radius 3 is 2.72 bits per heavy atom. The zero-order valence-corrected chi connectivity index (χ0v) is 15.9. The molecule has 0 unspecified atom stereocenters. The first kappa shape index (κ1) is 18.6. The number of hydrogen-bond donors (Lipinski definition) is 2. The van der Waals surface area contributed by atoms with E-state index < -0.39 is 17.6 Å². The van der Waals surface area contributed by atoms with E-state index in [9.17, 15) is 18.8 Å². The first-order valence-corrected chi connectivity index (χ1v) is 9.03. The molecule has 0 fully saturated rings. The highest BCUT2D eigenvalue weighted by molar-refractivity contribution is 6.46. The van der Waals surface area contributed by atoms with Crippen molar-refractivity contribution in [1.29, 1.82) is 0 Å². The molecule has 0 spiro atoms. The van der Waals surface area contributed by atoms with E-state index in [0.29, 0.717) is 22.0 Å². The zero-order valence-electron chi connectivity index (χ0n) is 15.9.